The standard InChI is InChI=1S/C21H22Cl3N3O3/c1-14(30-19-7-6-15(22)12-17(19)24)21(29)27-10-8-26(9-11-27)13-20(28)25-18-5-3-2-4-16(18)23/h2-7,12,14H,8-11,13H2,1H3,(H,25,28)/t14-/m0/s1. The third kappa shape index (κ3) is 6.01. The summed E-state index contributed by atoms with van der Waals surface area (Å²) in [5.74, 6) is 0.148. The molecule has 30 heavy (non-hydrogen) atoms. The van der Waals surface area contributed by atoms with E-state index in [4.69, 9.17) is 39.5 Å². The summed E-state index contributed by atoms with van der Waals surface area (Å²) in [5, 5.41) is 4.17. The second kappa shape index (κ2) is 10.4. The van der Waals surface area contributed by atoms with Crippen LogP contribution in [0.2, 0.25) is 15.1 Å². The molecule has 1 fully saturated rings. The van der Waals surface area contributed by atoms with Crippen molar-refractivity contribution < 1.29 is 14.3 Å². The molecule has 1 aliphatic rings. The first-order chi connectivity index (χ1) is 14.3. The average Bonchev–Trinajstić information content (AvgIpc) is 2.72. The third-order valence-electron chi connectivity index (χ3n) is 4.74. The van der Waals surface area contributed by atoms with Gasteiger partial charge in [-0.05, 0) is 37.3 Å². The molecule has 0 bridgehead atoms. The molecule has 1 N–H and O–H groups in total. The highest BCUT2D eigenvalue weighted by atomic mass is 35.5. The maximum Gasteiger partial charge on any atom is 0.263 e. The summed E-state index contributed by atoms with van der Waals surface area (Å²) in [6, 6.07) is 12.0. The van der Waals surface area contributed by atoms with Crippen molar-refractivity contribution in [2.75, 3.05) is 38.0 Å². The van der Waals surface area contributed by atoms with Crippen molar-refractivity contribution >= 4 is 52.3 Å². The van der Waals surface area contributed by atoms with Crippen molar-refractivity contribution in [1.82, 2.24) is 9.80 Å². The Morgan fingerprint density at radius 3 is 2.40 bits per heavy atom. The smallest absolute Gasteiger partial charge is 0.263 e. The summed E-state index contributed by atoms with van der Waals surface area (Å²) in [4.78, 5) is 28.7. The van der Waals surface area contributed by atoms with Crippen LogP contribution in [0.1, 0.15) is 6.92 Å². The van der Waals surface area contributed by atoms with Crippen molar-refractivity contribution in [3.05, 3.63) is 57.5 Å². The normalized spacial score (nSPS) is 15.5. The largest absolute Gasteiger partial charge is 0.479 e. The summed E-state index contributed by atoms with van der Waals surface area (Å²) >= 11 is 18.1. The number of rotatable bonds is 6. The van der Waals surface area contributed by atoms with Crippen LogP contribution in [-0.4, -0.2) is 60.4 Å². The van der Waals surface area contributed by atoms with Gasteiger partial charge in [0.1, 0.15) is 5.75 Å². The van der Waals surface area contributed by atoms with Gasteiger partial charge in [-0.15, -0.1) is 0 Å². The fourth-order valence-corrected chi connectivity index (χ4v) is 3.79. The topological polar surface area (TPSA) is 61.9 Å². The zero-order valence-electron chi connectivity index (χ0n) is 16.4. The van der Waals surface area contributed by atoms with E-state index in [0.717, 1.165) is 0 Å². The predicted molar refractivity (Wildman–Crippen MR) is 120 cm³/mol. The molecule has 6 nitrogen and oxygen atoms in total. The first-order valence-electron chi connectivity index (χ1n) is 9.50. The van der Waals surface area contributed by atoms with Gasteiger partial charge in [-0.2, -0.15) is 0 Å². The van der Waals surface area contributed by atoms with Crippen LogP contribution in [0.25, 0.3) is 0 Å². The van der Waals surface area contributed by atoms with Crippen LogP contribution in [0.3, 0.4) is 0 Å². The van der Waals surface area contributed by atoms with E-state index in [1.165, 1.54) is 0 Å². The molecule has 0 saturated carbocycles. The Labute approximate surface area is 190 Å². The summed E-state index contributed by atoms with van der Waals surface area (Å²) in [6.45, 7) is 4.14. The van der Waals surface area contributed by atoms with Crippen LogP contribution < -0.4 is 10.1 Å². The lowest BCUT2D eigenvalue weighted by Crippen LogP contribution is -2.53. The number of benzene rings is 2. The monoisotopic (exact) mass is 469 g/mol. The van der Waals surface area contributed by atoms with Gasteiger partial charge in [-0.1, -0.05) is 46.9 Å². The van der Waals surface area contributed by atoms with Crippen LogP contribution in [0.5, 0.6) is 5.75 Å². The van der Waals surface area contributed by atoms with Crippen molar-refractivity contribution in [2.24, 2.45) is 0 Å². The van der Waals surface area contributed by atoms with E-state index in [9.17, 15) is 9.59 Å². The fraction of sp³-hybridized carbons (Fsp3) is 0.333. The van der Waals surface area contributed by atoms with Gasteiger partial charge in [-0.25, -0.2) is 0 Å². The van der Waals surface area contributed by atoms with Crippen LogP contribution in [0, 0.1) is 0 Å². The maximum atomic E-state index is 12.7. The van der Waals surface area contributed by atoms with Crippen molar-refractivity contribution in [3.8, 4) is 5.75 Å². The van der Waals surface area contributed by atoms with E-state index >= 15 is 0 Å². The molecule has 0 aromatic heterocycles. The van der Waals surface area contributed by atoms with Gasteiger partial charge in [-0.3, -0.25) is 14.5 Å². The van der Waals surface area contributed by atoms with E-state index in [-0.39, 0.29) is 18.4 Å². The van der Waals surface area contributed by atoms with Crippen LogP contribution >= 0.6 is 34.8 Å². The Kier molecular flexibility index (Phi) is 7.83. The number of hydrogen-bond donors (Lipinski definition) is 1. The molecule has 1 saturated heterocycles. The van der Waals surface area contributed by atoms with Crippen LogP contribution in [0.4, 0.5) is 5.69 Å². The Morgan fingerprint density at radius 1 is 1.03 bits per heavy atom. The molecule has 9 heteroatoms. The van der Waals surface area contributed by atoms with E-state index < -0.39 is 6.10 Å². The number of carbonyl (C=O) groups is 2. The van der Waals surface area contributed by atoms with Gasteiger partial charge in [0.05, 0.1) is 22.3 Å². The van der Waals surface area contributed by atoms with Gasteiger partial charge >= 0.3 is 0 Å². The number of nitrogens with one attached hydrogen (secondary N) is 1. The lowest BCUT2D eigenvalue weighted by Gasteiger charge is -2.35. The number of nitrogens with zero attached hydrogens (tertiary/aromatic N) is 2. The number of halogens is 3. The molecule has 0 aliphatic carbocycles. The SMILES string of the molecule is C[C@H](Oc1ccc(Cl)cc1Cl)C(=O)N1CCN(CC(=O)Nc2ccccc2Cl)CC1. The van der Waals surface area contributed by atoms with E-state index in [1.807, 2.05) is 11.0 Å². The summed E-state index contributed by atoms with van der Waals surface area (Å²) < 4.78 is 5.71. The van der Waals surface area contributed by atoms with Gasteiger partial charge in [0.15, 0.2) is 6.10 Å². The summed E-state index contributed by atoms with van der Waals surface area (Å²) in [5.41, 5.74) is 0.588. The minimum Gasteiger partial charge on any atom is -0.479 e. The Bertz CT molecular complexity index is 917. The number of hydrogen-bond acceptors (Lipinski definition) is 4. The fourth-order valence-electron chi connectivity index (χ4n) is 3.15. The average molecular weight is 471 g/mol. The highest BCUT2D eigenvalue weighted by molar-refractivity contribution is 6.35. The first kappa shape index (κ1) is 22.7. The maximum absolute atomic E-state index is 12.7. The molecule has 2 aromatic rings. The summed E-state index contributed by atoms with van der Waals surface area (Å²) in [7, 11) is 0. The van der Waals surface area contributed by atoms with Gasteiger partial charge in [0.25, 0.3) is 5.91 Å². The molecule has 160 valence electrons. The zero-order chi connectivity index (χ0) is 21.7. The number of para-hydroxylation sites is 1. The first-order valence-corrected chi connectivity index (χ1v) is 10.6. The molecule has 0 radical (unpaired) electrons. The zero-order valence-corrected chi connectivity index (χ0v) is 18.7. The summed E-state index contributed by atoms with van der Waals surface area (Å²) in [6.07, 6.45) is -0.682. The Hall–Kier alpha value is -1.99. The van der Waals surface area contributed by atoms with Crippen molar-refractivity contribution in [3.63, 3.8) is 0 Å². The molecule has 2 amide bonds. The van der Waals surface area contributed by atoms with Gasteiger partial charge in [0.2, 0.25) is 5.91 Å². The number of piperazine rings is 1. The lowest BCUT2D eigenvalue weighted by molar-refractivity contribution is -0.139. The van der Waals surface area contributed by atoms with E-state index in [0.29, 0.717) is 52.7 Å². The number of carbonyl (C=O) groups excluding carboxylic acids is 2. The van der Waals surface area contributed by atoms with Crippen LogP contribution in [0.15, 0.2) is 42.5 Å². The number of ether oxygens (including phenoxy) is 1. The second-order valence-corrected chi connectivity index (χ2v) is 8.22. The quantitative estimate of drug-likeness (QED) is 0.687. The van der Waals surface area contributed by atoms with Gasteiger partial charge in [0, 0.05) is 31.2 Å². The molecule has 1 heterocycles. The van der Waals surface area contributed by atoms with Crippen molar-refractivity contribution in [1.29, 1.82) is 0 Å². The second-order valence-electron chi connectivity index (χ2n) is 6.96. The third-order valence-corrected chi connectivity index (χ3v) is 5.60. The van der Waals surface area contributed by atoms with Crippen molar-refractivity contribution in [2.45, 2.75) is 13.0 Å². The minimum atomic E-state index is -0.682. The Balaban J connectivity index is 1.46. The molecule has 0 unspecified atom stereocenters. The molecular weight excluding hydrogens is 449 g/mol. The highest BCUT2D eigenvalue weighted by Gasteiger charge is 2.27. The van der Waals surface area contributed by atoms with Gasteiger partial charge < -0.3 is 15.0 Å². The Morgan fingerprint density at radius 2 is 1.73 bits per heavy atom. The minimum absolute atomic E-state index is 0.124. The predicted octanol–water partition coefficient (Wildman–Crippen LogP) is 4.20. The molecule has 1 atom stereocenters. The molecule has 3 rings (SSSR count). The number of anilines is 1. The van der Waals surface area contributed by atoms with Crippen LogP contribution in [-0.2, 0) is 9.59 Å². The van der Waals surface area contributed by atoms with E-state index in [2.05, 4.69) is 5.32 Å². The lowest BCUT2D eigenvalue weighted by atomic mass is 10.2. The molecule has 2 aromatic carbocycles. The van der Waals surface area contributed by atoms with E-state index in [1.54, 1.807) is 48.2 Å². The number of amides is 2. The molecular formula is C21H22Cl3N3O3. The molecule has 0 spiro atoms. The molecule has 1 aliphatic heterocycles. The highest BCUT2D eigenvalue weighted by Crippen LogP contribution is 2.28.